The largest absolute Gasteiger partial charge is 0.481 e. The smallest absolute Gasteiger partial charge is 0.344 e. The molecule has 0 bridgehead atoms. The predicted octanol–water partition coefficient (Wildman–Crippen LogP) is 2.77. The molecule has 0 spiro atoms. The van der Waals surface area contributed by atoms with Crippen molar-refractivity contribution in [2.75, 3.05) is 20.3 Å². The van der Waals surface area contributed by atoms with Crippen LogP contribution in [0.2, 0.25) is 0 Å². The van der Waals surface area contributed by atoms with Gasteiger partial charge in [-0.1, -0.05) is 0 Å². The molecule has 32 heavy (non-hydrogen) atoms. The van der Waals surface area contributed by atoms with Crippen molar-refractivity contribution in [2.45, 2.75) is 6.92 Å². The number of nitrogens with zero attached hydrogens (tertiary/aromatic N) is 3. The topological polar surface area (TPSA) is 143 Å². The van der Waals surface area contributed by atoms with Gasteiger partial charge in [-0.15, -0.1) is 0 Å². The molecule has 166 valence electrons. The average Bonchev–Trinajstić information content (AvgIpc) is 2.78. The van der Waals surface area contributed by atoms with Gasteiger partial charge in [0.15, 0.2) is 12.4 Å². The number of fused-ring (bicyclic) bond motifs is 1. The lowest BCUT2D eigenvalue weighted by Gasteiger charge is -2.13. The molecule has 0 aliphatic rings. The molecule has 1 N–H and O–H groups in total. The van der Waals surface area contributed by atoms with E-state index in [4.69, 9.17) is 14.2 Å². The summed E-state index contributed by atoms with van der Waals surface area (Å²) < 4.78 is 30.0. The summed E-state index contributed by atoms with van der Waals surface area (Å²) in [7, 11) is 1.42. The van der Waals surface area contributed by atoms with Crippen LogP contribution >= 0.6 is 0 Å². The van der Waals surface area contributed by atoms with Crippen LogP contribution in [-0.2, 0) is 9.53 Å². The van der Waals surface area contributed by atoms with Gasteiger partial charge in [0, 0.05) is 24.7 Å². The second-order valence-electron chi connectivity index (χ2n) is 6.19. The van der Waals surface area contributed by atoms with E-state index in [9.17, 15) is 24.1 Å². The Hall–Kier alpha value is -4.35. The summed E-state index contributed by atoms with van der Waals surface area (Å²) >= 11 is 0. The molecule has 3 rings (SSSR count). The number of esters is 1. The molecular weight excluding hydrogens is 427 g/mol. The van der Waals surface area contributed by atoms with Crippen LogP contribution in [0.25, 0.3) is 10.9 Å². The molecule has 11 nitrogen and oxygen atoms in total. The number of pyridine rings is 2. The van der Waals surface area contributed by atoms with Gasteiger partial charge in [0.05, 0.1) is 28.7 Å². The number of hydrogen-bond donors (Lipinski definition) is 1. The first kappa shape index (κ1) is 22.3. The van der Waals surface area contributed by atoms with Gasteiger partial charge < -0.3 is 19.5 Å². The minimum atomic E-state index is -1.04. The maximum atomic E-state index is 14.2. The quantitative estimate of drug-likeness (QED) is 0.315. The van der Waals surface area contributed by atoms with Crippen molar-refractivity contribution in [2.24, 2.45) is 0 Å². The zero-order chi connectivity index (χ0) is 23.3. The summed E-state index contributed by atoms with van der Waals surface area (Å²) in [5.41, 5.74) is -0.143. The second kappa shape index (κ2) is 9.64. The van der Waals surface area contributed by atoms with Crippen LogP contribution in [0.4, 0.5) is 10.1 Å². The first-order valence-electron chi connectivity index (χ1n) is 9.25. The average molecular weight is 444 g/mol. The number of ether oxygens (including phenoxy) is 3. The number of benzene rings is 1. The molecule has 0 aliphatic carbocycles. The van der Waals surface area contributed by atoms with Crippen LogP contribution in [0, 0.1) is 15.9 Å². The van der Waals surface area contributed by atoms with Crippen LogP contribution in [0.15, 0.2) is 36.7 Å². The van der Waals surface area contributed by atoms with E-state index in [0.717, 1.165) is 6.20 Å². The van der Waals surface area contributed by atoms with Crippen LogP contribution in [0.1, 0.15) is 17.3 Å². The third-order valence-electron chi connectivity index (χ3n) is 4.14. The maximum absolute atomic E-state index is 14.2. The molecule has 3 aromatic rings. The molecule has 0 saturated carbocycles. The van der Waals surface area contributed by atoms with Crippen LogP contribution in [0.3, 0.4) is 0 Å². The molecule has 2 heterocycles. The zero-order valence-corrected chi connectivity index (χ0v) is 17.0. The summed E-state index contributed by atoms with van der Waals surface area (Å²) in [6.45, 7) is 1.41. The Morgan fingerprint density at radius 1 is 1.22 bits per heavy atom. The number of hydrogen-bond acceptors (Lipinski definition) is 9. The molecule has 0 unspecified atom stereocenters. The molecule has 0 aliphatic heterocycles. The van der Waals surface area contributed by atoms with E-state index in [1.807, 2.05) is 0 Å². The highest BCUT2D eigenvalue weighted by Crippen LogP contribution is 2.34. The van der Waals surface area contributed by atoms with Crippen molar-refractivity contribution in [3.8, 4) is 17.4 Å². The lowest BCUT2D eigenvalue weighted by atomic mass is 10.1. The van der Waals surface area contributed by atoms with Gasteiger partial charge in [-0.2, -0.15) is 0 Å². The van der Waals surface area contributed by atoms with Crippen LogP contribution in [0.5, 0.6) is 17.4 Å². The fraction of sp³-hybridized carbons (Fsp3) is 0.200. The summed E-state index contributed by atoms with van der Waals surface area (Å²) in [5, 5.41) is 13.5. The summed E-state index contributed by atoms with van der Waals surface area (Å²) in [5.74, 6) is -2.48. The predicted molar refractivity (Wildman–Crippen MR) is 108 cm³/mol. The number of carbonyl (C=O) groups excluding carboxylic acids is 2. The zero-order valence-electron chi connectivity index (χ0n) is 17.0. The van der Waals surface area contributed by atoms with Gasteiger partial charge >= 0.3 is 5.97 Å². The second-order valence-corrected chi connectivity index (χ2v) is 6.19. The van der Waals surface area contributed by atoms with Gasteiger partial charge in [-0.25, -0.2) is 14.2 Å². The minimum absolute atomic E-state index is 0.0688. The molecule has 2 aromatic heterocycles. The molecule has 12 heteroatoms. The van der Waals surface area contributed by atoms with Crippen molar-refractivity contribution >= 4 is 28.5 Å². The Morgan fingerprint density at radius 3 is 2.66 bits per heavy atom. The molecule has 1 amide bonds. The highest BCUT2D eigenvalue weighted by Gasteiger charge is 2.19. The molecule has 1 aromatic carbocycles. The Morgan fingerprint density at radius 2 is 2.00 bits per heavy atom. The standard InChI is InChI=1S/C20H17FN4O7/c1-3-30-18(26)10-31-17-8-15-12(7-13(17)19(27)22-2)16(4-5-23-15)32-20-14(21)6-11(9-24-20)25(28)29/h4-9H,3,10H2,1-2H3,(H,22,27). The number of nitrogens with one attached hydrogen (secondary N) is 1. The number of rotatable bonds is 8. The number of nitro groups is 1. The Bertz CT molecular complexity index is 1200. The number of aromatic nitrogens is 2. The maximum Gasteiger partial charge on any atom is 0.344 e. The van der Waals surface area contributed by atoms with E-state index in [0.29, 0.717) is 17.0 Å². The first-order valence-corrected chi connectivity index (χ1v) is 9.25. The van der Waals surface area contributed by atoms with Crippen molar-refractivity contribution in [3.05, 3.63) is 58.2 Å². The van der Waals surface area contributed by atoms with E-state index < -0.39 is 40.8 Å². The fourth-order valence-corrected chi connectivity index (χ4v) is 2.70. The van der Waals surface area contributed by atoms with Gasteiger partial charge in [0.25, 0.3) is 17.5 Å². The molecule has 0 saturated heterocycles. The lowest BCUT2D eigenvalue weighted by Crippen LogP contribution is -2.21. The van der Waals surface area contributed by atoms with Crippen molar-refractivity contribution in [1.82, 2.24) is 15.3 Å². The van der Waals surface area contributed by atoms with E-state index >= 15 is 0 Å². The number of carbonyl (C=O) groups is 2. The summed E-state index contributed by atoms with van der Waals surface area (Å²) in [4.78, 5) is 41.8. The van der Waals surface area contributed by atoms with Gasteiger partial charge in [-0.3, -0.25) is 19.9 Å². The highest BCUT2D eigenvalue weighted by atomic mass is 19.1. The summed E-state index contributed by atoms with van der Waals surface area (Å²) in [6.07, 6.45) is 2.23. The van der Waals surface area contributed by atoms with Gasteiger partial charge in [-0.05, 0) is 19.1 Å². The van der Waals surface area contributed by atoms with Crippen molar-refractivity contribution in [3.63, 3.8) is 0 Å². The van der Waals surface area contributed by atoms with Gasteiger partial charge in [0.1, 0.15) is 17.7 Å². The Balaban J connectivity index is 2.01. The fourth-order valence-electron chi connectivity index (χ4n) is 2.70. The molecule has 0 atom stereocenters. The third kappa shape index (κ3) is 4.86. The minimum Gasteiger partial charge on any atom is -0.481 e. The molecule has 0 fully saturated rings. The van der Waals surface area contributed by atoms with E-state index in [2.05, 4.69) is 15.3 Å². The van der Waals surface area contributed by atoms with Gasteiger partial charge in [0.2, 0.25) is 0 Å². The summed E-state index contributed by atoms with van der Waals surface area (Å²) in [6, 6.07) is 4.92. The van der Waals surface area contributed by atoms with E-state index in [1.165, 1.54) is 31.4 Å². The van der Waals surface area contributed by atoms with Crippen LogP contribution < -0.4 is 14.8 Å². The molecular formula is C20H17FN4O7. The lowest BCUT2D eigenvalue weighted by molar-refractivity contribution is -0.385. The normalized spacial score (nSPS) is 10.5. The SMILES string of the molecule is CCOC(=O)COc1cc2nccc(Oc3ncc([N+](=O)[O-])cc3F)c2cc1C(=O)NC. The first-order chi connectivity index (χ1) is 15.3. The number of amides is 1. The highest BCUT2D eigenvalue weighted by molar-refractivity contribution is 6.02. The van der Waals surface area contributed by atoms with Crippen molar-refractivity contribution < 1.29 is 33.1 Å². The third-order valence-corrected chi connectivity index (χ3v) is 4.14. The van der Waals surface area contributed by atoms with Crippen molar-refractivity contribution in [1.29, 1.82) is 0 Å². The van der Waals surface area contributed by atoms with Crippen LogP contribution in [-0.4, -0.2) is 47.0 Å². The number of halogens is 1. The Kier molecular flexibility index (Phi) is 6.73. The molecule has 0 radical (unpaired) electrons. The van der Waals surface area contributed by atoms with E-state index in [-0.39, 0.29) is 23.7 Å². The van der Waals surface area contributed by atoms with E-state index in [1.54, 1.807) is 6.92 Å². The monoisotopic (exact) mass is 444 g/mol. The Labute approximate surface area is 180 Å².